The Bertz CT molecular complexity index is 1340. The lowest BCUT2D eigenvalue weighted by Gasteiger charge is -2.14. The minimum absolute atomic E-state index is 0.213. The van der Waals surface area contributed by atoms with Crippen LogP contribution in [0.15, 0.2) is 65.1 Å². The smallest absolute Gasteiger partial charge is 0.255 e. The minimum Gasteiger partial charge on any atom is -0.495 e. The van der Waals surface area contributed by atoms with Gasteiger partial charge in [-0.1, -0.05) is 18.2 Å². The summed E-state index contributed by atoms with van der Waals surface area (Å²) in [4.78, 5) is 37.7. The number of hydrogen-bond acceptors (Lipinski definition) is 5. The number of nitrogens with zero attached hydrogens (tertiary/aromatic N) is 1. The second-order valence-electron chi connectivity index (χ2n) is 7.27. The second kappa shape index (κ2) is 7.28. The first-order valence-electron chi connectivity index (χ1n) is 9.81. The Morgan fingerprint density at radius 1 is 0.935 bits per heavy atom. The maximum absolute atomic E-state index is 12.8. The first-order chi connectivity index (χ1) is 15.0. The van der Waals surface area contributed by atoms with E-state index in [-0.39, 0.29) is 30.6 Å². The van der Waals surface area contributed by atoms with E-state index in [0.717, 1.165) is 21.3 Å². The molecule has 1 N–H and O–H groups in total. The van der Waals surface area contributed by atoms with Gasteiger partial charge < -0.3 is 14.5 Å². The molecule has 0 unspecified atom stereocenters. The van der Waals surface area contributed by atoms with Gasteiger partial charge in [-0.3, -0.25) is 19.3 Å². The van der Waals surface area contributed by atoms with Gasteiger partial charge in [0.25, 0.3) is 5.91 Å². The molecule has 3 amide bonds. The molecule has 5 rings (SSSR count). The molecule has 2 heterocycles. The molecular weight excluding hydrogens is 396 g/mol. The summed E-state index contributed by atoms with van der Waals surface area (Å²) < 4.78 is 11.4. The first kappa shape index (κ1) is 18.9. The number of para-hydroxylation sites is 1. The maximum atomic E-state index is 12.8. The maximum Gasteiger partial charge on any atom is 0.255 e. The van der Waals surface area contributed by atoms with E-state index in [1.54, 1.807) is 30.3 Å². The number of methoxy groups -OCH3 is 1. The number of carbonyl (C=O) groups excluding carboxylic acids is 3. The van der Waals surface area contributed by atoms with Crippen LogP contribution in [-0.2, 0) is 9.59 Å². The van der Waals surface area contributed by atoms with Crippen LogP contribution in [0.3, 0.4) is 0 Å². The van der Waals surface area contributed by atoms with Gasteiger partial charge in [0, 0.05) is 35.2 Å². The molecule has 1 fully saturated rings. The van der Waals surface area contributed by atoms with Crippen molar-refractivity contribution in [1.82, 2.24) is 0 Å². The highest BCUT2D eigenvalue weighted by Gasteiger charge is 2.30. The fourth-order valence-electron chi connectivity index (χ4n) is 3.84. The number of amides is 3. The van der Waals surface area contributed by atoms with Crippen LogP contribution in [-0.4, -0.2) is 24.8 Å². The van der Waals surface area contributed by atoms with E-state index in [9.17, 15) is 14.4 Å². The standard InChI is InChI=1S/C24H18N2O5/c1-30-21-12-17-16-4-2-3-5-19(16)31-20(17)13-18(21)25-24(29)14-6-8-15(9-7-14)26-22(27)10-11-23(26)28/h2-9,12-13H,10-11H2,1H3,(H,25,29). The number of benzene rings is 3. The number of imide groups is 1. The summed E-state index contributed by atoms with van der Waals surface area (Å²) in [7, 11) is 1.54. The Morgan fingerprint density at radius 3 is 2.35 bits per heavy atom. The minimum atomic E-state index is -0.348. The van der Waals surface area contributed by atoms with Crippen molar-refractivity contribution in [2.45, 2.75) is 12.8 Å². The topological polar surface area (TPSA) is 88.9 Å². The number of hydrogen-bond donors (Lipinski definition) is 1. The molecule has 0 atom stereocenters. The third-order valence-electron chi connectivity index (χ3n) is 5.39. The largest absolute Gasteiger partial charge is 0.495 e. The van der Waals surface area contributed by atoms with E-state index in [4.69, 9.17) is 9.15 Å². The van der Waals surface area contributed by atoms with Crippen molar-refractivity contribution in [3.05, 3.63) is 66.2 Å². The summed E-state index contributed by atoms with van der Waals surface area (Å²) in [6, 6.07) is 17.6. The van der Waals surface area contributed by atoms with Gasteiger partial charge in [0.05, 0.1) is 18.5 Å². The molecule has 0 spiro atoms. The van der Waals surface area contributed by atoms with Gasteiger partial charge in [-0.05, 0) is 36.4 Å². The van der Waals surface area contributed by atoms with Crippen molar-refractivity contribution in [3.8, 4) is 5.75 Å². The summed E-state index contributed by atoms with van der Waals surface area (Å²) in [6.07, 6.45) is 0.427. The van der Waals surface area contributed by atoms with Crippen molar-refractivity contribution < 1.29 is 23.5 Å². The van der Waals surface area contributed by atoms with Crippen LogP contribution in [0.5, 0.6) is 5.75 Å². The molecule has 7 heteroatoms. The fourth-order valence-corrected chi connectivity index (χ4v) is 3.84. The van der Waals surface area contributed by atoms with Gasteiger partial charge in [0.1, 0.15) is 16.9 Å². The summed E-state index contributed by atoms with van der Waals surface area (Å²) in [5, 5.41) is 4.72. The molecule has 1 aliphatic heterocycles. The van der Waals surface area contributed by atoms with Crippen molar-refractivity contribution in [2.75, 3.05) is 17.3 Å². The Hall–Kier alpha value is -4.13. The second-order valence-corrected chi connectivity index (χ2v) is 7.27. The Labute approximate surface area is 177 Å². The van der Waals surface area contributed by atoms with Crippen LogP contribution in [0.4, 0.5) is 11.4 Å². The van der Waals surface area contributed by atoms with E-state index in [1.165, 1.54) is 7.11 Å². The van der Waals surface area contributed by atoms with Crippen molar-refractivity contribution in [3.63, 3.8) is 0 Å². The van der Waals surface area contributed by atoms with E-state index in [2.05, 4.69) is 5.32 Å². The van der Waals surface area contributed by atoms with Crippen LogP contribution >= 0.6 is 0 Å². The summed E-state index contributed by atoms with van der Waals surface area (Å²) >= 11 is 0. The molecule has 1 aliphatic rings. The Morgan fingerprint density at radius 2 is 1.65 bits per heavy atom. The molecule has 0 radical (unpaired) electrons. The van der Waals surface area contributed by atoms with Crippen LogP contribution in [0.25, 0.3) is 21.9 Å². The quantitative estimate of drug-likeness (QED) is 0.497. The van der Waals surface area contributed by atoms with E-state index in [1.807, 2.05) is 30.3 Å². The Balaban J connectivity index is 1.44. The number of furan rings is 1. The van der Waals surface area contributed by atoms with E-state index in [0.29, 0.717) is 28.3 Å². The van der Waals surface area contributed by atoms with Gasteiger partial charge in [0.2, 0.25) is 11.8 Å². The van der Waals surface area contributed by atoms with E-state index < -0.39 is 0 Å². The van der Waals surface area contributed by atoms with Crippen molar-refractivity contribution >= 4 is 51.0 Å². The highest BCUT2D eigenvalue weighted by atomic mass is 16.5. The van der Waals surface area contributed by atoms with Gasteiger partial charge in [-0.2, -0.15) is 0 Å². The lowest BCUT2D eigenvalue weighted by molar-refractivity contribution is -0.121. The molecular formula is C24H18N2O5. The fraction of sp³-hybridized carbons (Fsp3) is 0.125. The zero-order chi connectivity index (χ0) is 21.5. The third kappa shape index (κ3) is 3.20. The molecule has 4 aromatic rings. The molecule has 7 nitrogen and oxygen atoms in total. The molecule has 0 aliphatic carbocycles. The van der Waals surface area contributed by atoms with Gasteiger partial charge in [-0.25, -0.2) is 0 Å². The molecule has 3 aromatic carbocycles. The molecule has 1 aromatic heterocycles. The summed E-state index contributed by atoms with van der Waals surface area (Å²) in [5.41, 5.74) is 2.72. The Kier molecular flexibility index (Phi) is 4.43. The van der Waals surface area contributed by atoms with Gasteiger partial charge >= 0.3 is 0 Å². The average molecular weight is 414 g/mol. The van der Waals surface area contributed by atoms with Crippen molar-refractivity contribution in [1.29, 1.82) is 0 Å². The number of rotatable bonds is 4. The number of ether oxygens (including phenoxy) is 1. The zero-order valence-electron chi connectivity index (χ0n) is 16.7. The predicted molar refractivity (Wildman–Crippen MR) is 116 cm³/mol. The molecule has 31 heavy (non-hydrogen) atoms. The van der Waals surface area contributed by atoms with Crippen molar-refractivity contribution in [2.24, 2.45) is 0 Å². The monoisotopic (exact) mass is 414 g/mol. The summed E-state index contributed by atoms with van der Waals surface area (Å²) in [6.45, 7) is 0. The third-order valence-corrected chi connectivity index (χ3v) is 5.39. The number of fused-ring (bicyclic) bond motifs is 3. The molecule has 154 valence electrons. The zero-order valence-corrected chi connectivity index (χ0v) is 16.7. The van der Waals surface area contributed by atoms with Gasteiger partial charge in [-0.15, -0.1) is 0 Å². The number of nitrogens with one attached hydrogen (secondary N) is 1. The number of anilines is 2. The molecule has 0 bridgehead atoms. The lowest BCUT2D eigenvalue weighted by Crippen LogP contribution is -2.28. The van der Waals surface area contributed by atoms with Crippen LogP contribution < -0.4 is 15.0 Å². The van der Waals surface area contributed by atoms with E-state index >= 15 is 0 Å². The van der Waals surface area contributed by atoms with Crippen LogP contribution in [0.2, 0.25) is 0 Å². The molecule has 0 saturated carbocycles. The summed E-state index contributed by atoms with van der Waals surface area (Å²) in [5.74, 6) is -0.297. The lowest BCUT2D eigenvalue weighted by atomic mass is 10.1. The first-order valence-corrected chi connectivity index (χ1v) is 9.81. The van der Waals surface area contributed by atoms with Crippen LogP contribution in [0.1, 0.15) is 23.2 Å². The predicted octanol–water partition coefficient (Wildman–Crippen LogP) is 4.50. The number of carbonyl (C=O) groups is 3. The highest BCUT2D eigenvalue weighted by molar-refractivity contribution is 6.20. The normalized spacial score (nSPS) is 13.9. The van der Waals surface area contributed by atoms with Gasteiger partial charge in [0.15, 0.2) is 0 Å². The SMILES string of the molecule is COc1cc2c(cc1NC(=O)c1ccc(N3C(=O)CCC3=O)cc1)oc1ccccc12. The van der Waals surface area contributed by atoms with Crippen LogP contribution in [0, 0.1) is 0 Å². The average Bonchev–Trinajstić information content (AvgIpc) is 3.31. The molecule has 1 saturated heterocycles. The highest BCUT2D eigenvalue weighted by Crippen LogP contribution is 2.36.